The molecule has 1 N–H and O–H groups in total. The van der Waals surface area contributed by atoms with Crippen LogP contribution in [0.1, 0.15) is 15.2 Å². The summed E-state index contributed by atoms with van der Waals surface area (Å²) in [6, 6.07) is 4.39. The van der Waals surface area contributed by atoms with Gasteiger partial charge in [-0.1, -0.05) is 34.5 Å². The monoisotopic (exact) mass is 336 g/mol. The Hall–Kier alpha value is -1.15. The van der Waals surface area contributed by atoms with Gasteiger partial charge in [0.25, 0.3) is 5.91 Å². The second kappa shape index (κ2) is 5.87. The first-order valence-corrected chi connectivity index (χ1v) is 7.32. The molecule has 0 aromatic carbocycles. The molecule has 5 nitrogen and oxygen atoms in total. The fourth-order valence-electron chi connectivity index (χ4n) is 1.31. The molecular formula is C10H6Cl2N2O3S2. The fraction of sp³-hybridized carbons (Fsp3) is 0.100. The van der Waals surface area contributed by atoms with E-state index < -0.39 is 4.92 Å². The first-order valence-electron chi connectivity index (χ1n) is 4.93. The third-order valence-corrected chi connectivity index (χ3v) is 4.77. The number of amides is 1. The van der Waals surface area contributed by atoms with Crippen LogP contribution in [0, 0.1) is 10.1 Å². The zero-order chi connectivity index (χ0) is 14.0. The lowest BCUT2D eigenvalue weighted by atomic mass is 10.3. The van der Waals surface area contributed by atoms with E-state index in [9.17, 15) is 14.9 Å². The van der Waals surface area contributed by atoms with Gasteiger partial charge in [0.05, 0.1) is 18.5 Å². The molecule has 2 aromatic heterocycles. The van der Waals surface area contributed by atoms with Crippen LogP contribution in [0.15, 0.2) is 18.2 Å². The molecule has 100 valence electrons. The largest absolute Gasteiger partial charge is 0.347 e. The van der Waals surface area contributed by atoms with E-state index in [0.717, 1.165) is 16.9 Å². The summed E-state index contributed by atoms with van der Waals surface area (Å²) in [5.41, 5.74) is 0.719. The zero-order valence-electron chi connectivity index (χ0n) is 9.18. The summed E-state index contributed by atoms with van der Waals surface area (Å²) >= 11 is 13.7. The molecule has 9 heteroatoms. The summed E-state index contributed by atoms with van der Waals surface area (Å²) in [4.78, 5) is 22.0. The lowest BCUT2D eigenvalue weighted by Crippen LogP contribution is -2.21. The average Bonchev–Trinajstić information content (AvgIpc) is 2.93. The van der Waals surface area contributed by atoms with Crippen LogP contribution in [-0.2, 0) is 6.54 Å². The molecule has 0 fully saturated rings. The highest BCUT2D eigenvalue weighted by molar-refractivity contribution is 7.20. The predicted molar refractivity (Wildman–Crippen MR) is 76.5 cm³/mol. The Morgan fingerprint density at radius 3 is 2.63 bits per heavy atom. The van der Waals surface area contributed by atoms with E-state index in [-0.39, 0.29) is 22.3 Å². The molecule has 0 aliphatic heterocycles. The number of halogens is 2. The van der Waals surface area contributed by atoms with Crippen molar-refractivity contribution in [3.8, 4) is 0 Å². The molecule has 2 aromatic rings. The van der Waals surface area contributed by atoms with Crippen molar-refractivity contribution in [3.05, 3.63) is 47.4 Å². The van der Waals surface area contributed by atoms with Gasteiger partial charge in [-0.15, -0.1) is 11.3 Å². The van der Waals surface area contributed by atoms with Crippen LogP contribution in [0.5, 0.6) is 0 Å². The second-order valence-corrected chi connectivity index (χ2v) is 6.77. The van der Waals surface area contributed by atoms with Gasteiger partial charge in [-0.05, 0) is 12.1 Å². The third-order valence-electron chi connectivity index (χ3n) is 2.16. The summed E-state index contributed by atoms with van der Waals surface area (Å²) in [6.45, 7) is 0.229. The van der Waals surface area contributed by atoms with Gasteiger partial charge < -0.3 is 5.32 Å². The Bertz CT molecular complexity index is 639. The molecule has 0 aliphatic rings. The molecular weight excluding hydrogens is 331 g/mol. The zero-order valence-corrected chi connectivity index (χ0v) is 12.3. The van der Waals surface area contributed by atoms with E-state index >= 15 is 0 Å². The number of carbonyl (C=O) groups excluding carboxylic acids is 1. The SMILES string of the molecule is O=C(NCc1cc(Cl)sc1Cl)c1ccc([N+](=O)[O-])s1. The Balaban J connectivity index is 2.01. The van der Waals surface area contributed by atoms with Crippen molar-refractivity contribution in [1.82, 2.24) is 5.32 Å². The number of hydrogen-bond donors (Lipinski definition) is 1. The topological polar surface area (TPSA) is 72.2 Å². The minimum absolute atomic E-state index is 0.0678. The van der Waals surface area contributed by atoms with Crippen LogP contribution < -0.4 is 5.32 Å². The van der Waals surface area contributed by atoms with Gasteiger partial charge in [-0.25, -0.2) is 0 Å². The maximum Gasteiger partial charge on any atom is 0.324 e. The Kier molecular flexibility index (Phi) is 4.41. The van der Waals surface area contributed by atoms with Gasteiger partial charge in [-0.3, -0.25) is 14.9 Å². The average molecular weight is 337 g/mol. The number of nitro groups is 1. The predicted octanol–water partition coefficient (Wildman–Crippen LogP) is 3.95. The van der Waals surface area contributed by atoms with E-state index in [2.05, 4.69) is 5.32 Å². The standard InChI is InChI=1S/C10H6Cl2N2O3S2/c11-7-3-5(9(12)19-7)4-13-10(15)6-1-2-8(18-6)14(16)17/h1-3H,4H2,(H,13,15). The van der Waals surface area contributed by atoms with E-state index in [1.165, 1.54) is 23.5 Å². The number of nitrogens with zero attached hydrogens (tertiary/aromatic N) is 1. The molecule has 0 atom stereocenters. The molecule has 0 unspecified atom stereocenters. The maximum absolute atomic E-state index is 11.8. The summed E-state index contributed by atoms with van der Waals surface area (Å²) in [5, 5.41) is 13.1. The van der Waals surface area contributed by atoms with Gasteiger partial charge in [0, 0.05) is 18.2 Å². The maximum atomic E-state index is 11.8. The first-order chi connectivity index (χ1) is 8.97. The van der Waals surface area contributed by atoms with Crippen LogP contribution in [0.4, 0.5) is 5.00 Å². The van der Waals surface area contributed by atoms with Crippen LogP contribution in [0.3, 0.4) is 0 Å². The minimum Gasteiger partial charge on any atom is -0.347 e. The van der Waals surface area contributed by atoms with E-state index in [0.29, 0.717) is 8.67 Å². The van der Waals surface area contributed by atoms with Crippen LogP contribution in [0.25, 0.3) is 0 Å². The number of carbonyl (C=O) groups is 1. The van der Waals surface area contributed by atoms with Crippen LogP contribution >= 0.6 is 45.9 Å². The van der Waals surface area contributed by atoms with E-state index in [1.807, 2.05) is 0 Å². The minimum atomic E-state index is -0.531. The highest BCUT2D eigenvalue weighted by atomic mass is 35.5. The van der Waals surface area contributed by atoms with E-state index in [4.69, 9.17) is 23.2 Å². The third kappa shape index (κ3) is 3.44. The number of nitrogens with one attached hydrogen (secondary N) is 1. The number of hydrogen-bond acceptors (Lipinski definition) is 5. The summed E-state index contributed by atoms with van der Waals surface area (Å²) in [7, 11) is 0. The molecule has 0 bridgehead atoms. The van der Waals surface area contributed by atoms with Gasteiger partial charge in [-0.2, -0.15) is 0 Å². The molecule has 19 heavy (non-hydrogen) atoms. The van der Waals surface area contributed by atoms with Crippen molar-refractivity contribution in [2.24, 2.45) is 0 Å². The van der Waals surface area contributed by atoms with Crippen LogP contribution in [0.2, 0.25) is 8.67 Å². The van der Waals surface area contributed by atoms with Crippen molar-refractivity contribution >= 4 is 56.8 Å². The van der Waals surface area contributed by atoms with Gasteiger partial charge >= 0.3 is 5.00 Å². The van der Waals surface area contributed by atoms with Crippen molar-refractivity contribution in [1.29, 1.82) is 0 Å². The van der Waals surface area contributed by atoms with Crippen LogP contribution in [-0.4, -0.2) is 10.8 Å². The van der Waals surface area contributed by atoms with E-state index in [1.54, 1.807) is 6.07 Å². The Morgan fingerprint density at radius 1 is 1.37 bits per heavy atom. The lowest BCUT2D eigenvalue weighted by Gasteiger charge is -2.01. The summed E-state index contributed by atoms with van der Waals surface area (Å²) in [6.07, 6.45) is 0. The summed E-state index contributed by atoms with van der Waals surface area (Å²) in [5.74, 6) is -0.378. The Morgan fingerprint density at radius 2 is 2.11 bits per heavy atom. The highest BCUT2D eigenvalue weighted by Gasteiger charge is 2.15. The molecule has 0 saturated carbocycles. The first kappa shape index (κ1) is 14.3. The second-order valence-electron chi connectivity index (χ2n) is 3.43. The molecule has 2 heterocycles. The molecule has 0 spiro atoms. The van der Waals surface area contributed by atoms with Gasteiger partial charge in [0.2, 0.25) is 0 Å². The molecule has 1 amide bonds. The van der Waals surface area contributed by atoms with Crippen molar-refractivity contribution < 1.29 is 9.72 Å². The number of rotatable bonds is 4. The highest BCUT2D eigenvalue weighted by Crippen LogP contribution is 2.31. The quantitative estimate of drug-likeness (QED) is 0.678. The molecule has 0 saturated heterocycles. The molecule has 0 radical (unpaired) electrons. The van der Waals surface area contributed by atoms with Gasteiger partial charge in [0.1, 0.15) is 0 Å². The smallest absolute Gasteiger partial charge is 0.324 e. The normalized spacial score (nSPS) is 10.4. The molecule has 2 rings (SSSR count). The number of thiophene rings is 2. The lowest BCUT2D eigenvalue weighted by molar-refractivity contribution is -0.380. The fourth-order valence-corrected chi connectivity index (χ4v) is 3.53. The van der Waals surface area contributed by atoms with Crippen molar-refractivity contribution in [2.45, 2.75) is 6.54 Å². The summed E-state index contributed by atoms with van der Waals surface area (Å²) < 4.78 is 1.06. The van der Waals surface area contributed by atoms with Crippen molar-refractivity contribution in [2.75, 3.05) is 0 Å². The molecule has 0 aliphatic carbocycles. The van der Waals surface area contributed by atoms with Gasteiger partial charge in [0.15, 0.2) is 0 Å². The van der Waals surface area contributed by atoms with Crippen molar-refractivity contribution in [3.63, 3.8) is 0 Å². The Labute approximate surface area is 125 Å².